The molecule has 120 valence electrons. The molecule has 1 aromatic rings. The van der Waals surface area contributed by atoms with Gasteiger partial charge in [-0.05, 0) is 32.1 Å². The van der Waals surface area contributed by atoms with Crippen molar-refractivity contribution in [2.75, 3.05) is 29.9 Å². The van der Waals surface area contributed by atoms with E-state index in [1.54, 1.807) is 12.5 Å². The Morgan fingerprint density at radius 1 is 1.45 bits per heavy atom. The number of amides is 1. The number of nitrogens with one attached hydrogen (secondary N) is 1. The minimum absolute atomic E-state index is 0.0188. The minimum Gasteiger partial charge on any atom is -0.378 e. The molecule has 3 heterocycles. The Kier molecular flexibility index (Phi) is 4.87. The lowest BCUT2D eigenvalue weighted by Crippen LogP contribution is -2.33. The van der Waals surface area contributed by atoms with Gasteiger partial charge >= 0.3 is 0 Å². The molecule has 1 amide bonds. The molecule has 0 aromatic carbocycles. The molecule has 2 aliphatic heterocycles. The molecule has 3 rings (SSSR count). The number of hydrogen-bond acceptors (Lipinski definition) is 5. The molecule has 1 N–H and O–H groups in total. The second kappa shape index (κ2) is 7.05. The average Bonchev–Trinajstić information content (AvgIpc) is 3.09. The molecule has 2 saturated heterocycles. The van der Waals surface area contributed by atoms with E-state index in [1.165, 1.54) is 12.8 Å². The second-order valence-electron chi connectivity index (χ2n) is 6.07. The van der Waals surface area contributed by atoms with Gasteiger partial charge in [0.25, 0.3) is 0 Å². The number of carbonyl (C=O) groups excluding carboxylic acids is 1. The van der Waals surface area contributed by atoms with Crippen molar-refractivity contribution in [3.05, 3.63) is 12.5 Å². The molecule has 6 heteroatoms. The topological polar surface area (TPSA) is 67.4 Å². The van der Waals surface area contributed by atoms with E-state index in [4.69, 9.17) is 4.74 Å². The zero-order valence-electron chi connectivity index (χ0n) is 13.1. The predicted molar refractivity (Wildman–Crippen MR) is 84.9 cm³/mol. The lowest BCUT2D eigenvalue weighted by molar-refractivity contribution is -0.124. The Hall–Kier alpha value is -1.69. The molecule has 22 heavy (non-hydrogen) atoms. The van der Waals surface area contributed by atoms with Crippen LogP contribution in [0.4, 0.5) is 11.5 Å². The van der Waals surface area contributed by atoms with Gasteiger partial charge in [-0.15, -0.1) is 0 Å². The molecule has 2 fully saturated rings. The number of aromatic nitrogens is 2. The Balaban J connectivity index is 1.68. The van der Waals surface area contributed by atoms with Gasteiger partial charge in [-0.3, -0.25) is 4.79 Å². The summed E-state index contributed by atoms with van der Waals surface area (Å²) in [6, 6.07) is 0. The van der Waals surface area contributed by atoms with Crippen molar-refractivity contribution in [3.8, 4) is 0 Å². The summed E-state index contributed by atoms with van der Waals surface area (Å²) in [7, 11) is 0. The molecular weight excluding hydrogens is 280 g/mol. The number of nitrogens with zero attached hydrogens (tertiary/aromatic N) is 3. The summed E-state index contributed by atoms with van der Waals surface area (Å²) < 4.78 is 5.65. The maximum atomic E-state index is 12.6. The van der Waals surface area contributed by atoms with E-state index in [0.29, 0.717) is 6.61 Å². The molecule has 0 aliphatic carbocycles. The first-order valence-electron chi connectivity index (χ1n) is 8.25. The van der Waals surface area contributed by atoms with Crippen LogP contribution in [0.25, 0.3) is 0 Å². The van der Waals surface area contributed by atoms with Gasteiger partial charge < -0.3 is 15.0 Å². The quantitative estimate of drug-likeness (QED) is 0.924. The highest BCUT2D eigenvalue weighted by molar-refractivity contribution is 5.95. The lowest BCUT2D eigenvalue weighted by Gasteiger charge is -2.28. The van der Waals surface area contributed by atoms with Crippen LogP contribution in [0.3, 0.4) is 0 Å². The first-order chi connectivity index (χ1) is 10.8. The maximum Gasteiger partial charge on any atom is 0.227 e. The van der Waals surface area contributed by atoms with E-state index in [2.05, 4.69) is 27.1 Å². The van der Waals surface area contributed by atoms with Gasteiger partial charge in [0.2, 0.25) is 5.91 Å². The van der Waals surface area contributed by atoms with Crippen molar-refractivity contribution >= 4 is 17.4 Å². The number of hydrogen-bond donors (Lipinski definition) is 1. The minimum atomic E-state index is 0.0188. The van der Waals surface area contributed by atoms with Crippen molar-refractivity contribution in [2.45, 2.75) is 45.1 Å². The van der Waals surface area contributed by atoms with Crippen molar-refractivity contribution < 1.29 is 9.53 Å². The molecule has 1 aromatic heterocycles. The van der Waals surface area contributed by atoms with E-state index in [1.807, 2.05) is 0 Å². The average molecular weight is 304 g/mol. The van der Waals surface area contributed by atoms with Crippen LogP contribution in [0.5, 0.6) is 0 Å². The van der Waals surface area contributed by atoms with Crippen LogP contribution in [-0.2, 0) is 9.53 Å². The summed E-state index contributed by atoms with van der Waals surface area (Å²) in [5, 5.41) is 3.04. The fraction of sp³-hybridized carbons (Fsp3) is 0.688. The number of rotatable bonds is 4. The van der Waals surface area contributed by atoms with Gasteiger partial charge in [-0.25, -0.2) is 9.97 Å². The molecule has 0 unspecified atom stereocenters. The largest absolute Gasteiger partial charge is 0.378 e. The van der Waals surface area contributed by atoms with Gasteiger partial charge in [-0.1, -0.05) is 6.92 Å². The molecule has 2 aliphatic rings. The predicted octanol–water partition coefficient (Wildman–Crippen LogP) is 2.22. The number of ether oxygens (including phenoxy) is 1. The van der Waals surface area contributed by atoms with Crippen molar-refractivity contribution in [1.29, 1.82) is 0 Å². The Bertz CT molecular complexity index is 517. The monoisotopic (exact) mass is 304 g/mol. The van der Waals surface area contributed by atoms with E-state index in [-0.39, 0.29) is 17.9 Å². The van der Waals surface area contributed by atoms with Crippen molar-refractivity contribution in [1.82, 2.24) is 9.97 Å². The van der Waals surface area contributed by atoms with E-state index in [0.717, 1.165) is 43.9 Å². The summed E-state index contributed by atoms with van der Waals surface area (Å²) in [4.78, 5) is 23.2. The molecule has 0 bridgehead atoms. The fourth-order valence-electron chi connectivity index (χ4n) is 3.23. The maximum absolute atomic E-state index is 12.6. The zero-order valence-corrected chi connectivity index (χ0v) is 13.1. The van der Waals surface area contributed by atoms with Crippen LogP contribution in [0.1, 0.15) is 39.0 Å². The van der Waals surface area contributed by atoms with Gasteiger partial charge in [0.15, 0.2) is 5.82 Å². The van der Waals surface area contributed by atoms with Crippen LogP contribution >= 0.6 is 0 Å². The normalized spacial score (nSPS) is 25.2. The lowest BCUT2D eigenvalue weighted by atomic mass is 9.93. The third-order valence-electron chi connectivity index (χ3n) is 4.55. The van der Waals surface area contributed by atoms with Crippen LogP contribution in [0, 0.1) is 5.92 Å². The van der Waals surface area contributed by atoms with E-state index >= 15 is 0 Å². The summed E-state index contributed by atoms with van der Waals surface area (Å²) >= 11 is 0. The third-order valence-corrected chi connectivity index (χ3v) is 4.55. The van der Waals surface area contributed by atoms with Gasteiger partial charge in [-0.2, -0.15) is 0 Å². The van der Waals surface area contributed by atoms with Crippen molar-refractivity contribution in [2.24, 2.45) is 5.92 Å². The Morgan fingerprint density at radius 2 is 2.27 bits per heavy atom. The molecule has 2 atom stereocenters. The third kappa shape index (κ3) is 3.38. The highest BCUT2D eigenvalue weighted by Gasteiger charge is 2.28. The summed E-state index contributed by atoms with van der Waals surface area (Å²) in [6.07, 6.45) is 8.35. The Morgan fingerprint density at radius 3 is 3.05 bits per heavy atom. The molecule has 0 spiro atoms. The molecule has 6 nitrogen and oxygen atoms in total. The summed E-state index contributed by atoms with van der Waals surface area (Å²) in [6.45, 7) is 4.76. The Labute approximate surface area is 131 Å². The number of anilines is 2. The van der Waals surface area contributed by atoms with E-state index in [9.17, 15) is 4.79 Å². The molecular formula is C16H24N4O2. The van der Waals surface area contributed by atoms with Crippen LogP contribution in [0.2, 0.25) is 0 Å². The molecule has 0 radical (unpaired) electrons. The van der Waals surface area contributed by atoms with Gasteiger partial charge in [0.05, 0.1) is 12.3 Å². The SMILES string of the molecule is CC[C@@H]1C[C@@H](C(=O)Nc2cncnc2N2CCCC2)CCO1. The van der Waals surface area contributed by atoms with Crippen LogP contribution in [-0.4, -0.2) is 41.7 Å². The highest BCUT2D eigenvalue weighted by atomic mass is 16.5. The highest BCUT2D eigenvalue weighted by Crippen LogP contribution is 2.28. The molecule has 0 saturated carbocycles. The van der Waals surface area contributed by atoms with Crippen molar-refractivity contribution in [3.63, 3.8) is 0 Å². The van der Waals surface area contributed by atoms with E-state index < -0.39 is 0 Å². The summed E-state index contributed by atoms with van der Waals surface area (Å²) in [5.74, 6) is 0.933. The fourth-order valence-corrected chi connectivity index (χ4v) is 3.23. The summed E-state index contributed by atoms with van der Waals surface area (Å²) in [5.41, 5.74) is 0.731. The van der Waals surface area contributed by atoms with Gasteiger partial charge in [0, 0.05) is 25.6 Å². The first-order valence-corrected chi connectivity index (χ1v) is 8.25. The second-order valence-corrected chi connectivity index (χ2v) is 6.07. The standard InChI is InChI=1S/C16H24N4O2/c1-2-13-9-12(5-8-22-13)16(21)19-14-10-17-11-18-15(14)20-6-3-4-7-20/h10-13H,2-9H2,1H3,(H,19,21)/t12-,13+/m0/s1. The smallest absolute Gasteiger partial charge is 0.227 e. The zero-order chi connectivity index (χ0) is 15.4. The van der Waals surface area contributed by atoms with Crippen LogP contribution < -0.4 is 10.2 Å². The van der Waals surface area contributed by atoms with Crippen LogP contribution in [0.15, 0.2) is 12.5 Å². The van der Waals surface area contributed by atoms with Gasteiger partial charge in [0.1, 0.15) is 12.0 Å². The first kappa shape index (κ1) is 15.2. The number of carbonyl (C=O) groups is 1.